The van der Waals surface area contributed by atoms with Crippen molar-refractivity contribution in [3.05, 3.63) is 34.5 Å². The van der Waals surface area contributed by atoms with E-state index >= 15 is 0 Å². The molecule has 1 amide bonds. The minimum absolute atomic E-state index is 0.155. The number of fused-ring (bicyclic) bond motifs is 1. The standard InChI is InChI=1S/C16H18FNO3S/c1-10-14-11(17)6-5-7-12(14)22-15(10)16(21)18-9-4-2-3-8-13(19)20/h5-7H,2-4,8-9H2,1H3,(H,18,21)(H,19,20). The molecule has 0 saturated heterocycles. The number of halogens is 1. The minimum Gasteiger partial charge on any atom is -0.481 e. The molecular weight excluding hydrogens is 305 g/mol. The highest BCUT2D eigenvalue weighted by molar-refractivity contribution is 7.21. The summed E-state index contributed by atoms with van der Waals surface area (Å²) >= 11 is 1.29. The van der Waals surface area contributed by atoms with E-state index in [0.717, 1.165) is 17.5 Å². The summed E-state index contributed by atoms with van der Waals surface area (Å²) in [6, 6.07) is 4.84. The largest absolute Gasteiger partial charge is 0.481 e. The van der Waals surface area contributed by atoms with E-state index in [4.69, 9.17) is 5.11 Å². The van der Waals surface area contributed by atoms with Crippen LogP contribution in [0.4, 0.5) is 4.39 Å². The van der Waals surface area contributed by atoms with Gasteiger partial charge in [0.05, 0.1) is 4.88 Å². The number of carbonyl (C=O) groups excluding carboxylic acids is 1. The first-order valence-electron chi connectivity index (χ1n) is 7.18. The molecule has 1 aromatic carbocycles. The molecule has 0 unspecified atom stereocenters. The van der Waals surface area contributed by atoms with Gasteiger partial charge in [0.25, 0.3) is 5.91 Å². The molecular formula is C16H18FNO3S. The van der Waals surface area contributed by atoms with E-state index in [0.29, 0.717) is 28.8 Å². The second-order valence-electron chi connectivity index (χ2n) is 5.13. The van der Waals surface area contributed by atoms with E-state index < -0.39 is 5.97 Å². The number of amides is 1. The summed E-state index contributed by atoms with van der Waals surface area (Å²) in [5.41, 5.74) is 0.668. The highest BCUT2D eigenvalue weighted by Crippen LogP contribution is 2.32. The van der Waals surface area contributed by atoms with Crippen LogP contribution in [-0.4, -0.2) is 23.5 Å². The maximum atomic E-state index is 13.8. The molecule has 0 spiro atoms. The molecule has 0 aliphatic heterocycles. The van der Waals surface area contributed by atoms with Gasteiger partial charge in [-0.05, 0) is 37.5 Å². The first-order chi connectivity index (χ1) is 10.5. The number of carbonyl (C=O) groups is 2. The summed E-state index contributed by atoms with van der Waals surface area (Å²) in [6.45, 7) is 2.25. The molecule has 0 aliphatic carbocycles. The van der Waals surface area contributed by atoms with Gasteiger partial charge in [0.15, 0.2) is 0 Å². The average Bonchev–Trinajstić information content (AvgIpc) is 2.81. The molecule has 1 heterocycles. The number of hydrogen-bond acceptors (Lipinski definition) is 3. The predicted molar refractivity (Wildman–Crippen MR) is 85.0 cm³/mol. The average molecular weight is 323 g/mol. The Balaban J connectivity index is 1.92. The number of hydrogen-bond donors (Lipinski definition) is 2. The normalized spacial score (nSPS) is 10.8. The Hall–Kier alpha value is -1.95. The van der Waals surface area contributed by atoms with Crippen molar-refractivity contribution in [2.75, 3.05) is 6.54 Å². The number of rotatable bonds is 7. The van der Waals surface area contributed by atoms with Crippen LogP contribution in [0.5, 0.6) is 0 Å². The Labute approximate surface area is 132 Å². The van der Waals surface area contributed by atoms with Gasteiger partial charge in [0, 0.05) is 23.1 Å². The fraction of sp³-hybridized carbons (Fsp3) is 0.375. The molecule has 22 heavy (non-hydrogen) atoms. The zero-order chi connectivity index (χ0) is 16.1. The number of nitrogens with one attached hydrogen (secondary N) is 1. The number of thiophene rings is 1. The number of carboxylic acids is 1. The minimum atomic E-state index is -0.799. The third kappa shape index (κ3) is 3.82. The van der Waals surface area contributed by atoms with Gasteiger partial charge in [-0.15, -0.1) is 11.3 Å². The van der Waals surface area contributed by atoms with Crippen molar-refractivity contribution in [1.82, 2.24) is 5.32 Å². The van der Waals surface area contributed by atoms with Crippen LogP contribution in [0.3, 0.4) is 0 Å². The van der Waals surface area contributed by atoms with E-state index in [9.17, 15) is 14.0 Å². The predicted octanol–water partition coefficient (Wildman–Crippen LogP) is 3.72. The summed E-state index contributed by atoms with van der Waals surface area (Å²) < 4.78 is 14.6. The molecule has 0 saturated carbocycles. The third-order valence-corrected chi connectivity index (χ3v) is 4.72. The number of aliphatic carboxylic acids is 1. The van der Waals surface area contributed by atoms with Crippen molar-refractivity contribution in [2.24, 2.45) is 0 Å². The summed E-state index contributed by atoms with van der Waals surface area (Å²) in [4.78, 5) is 23.1. The molecule has 0 bridgehead atoms. The SMILES string of the molecule is Cc1c(C(=O)NCCCCCC(=O)O)sc2cccc(F)c12. The summed E-state index contributed by atoms with van der Waals surface area (Å²) in [6.07, 6.45) is 2.25. The number of benzene rings is 1. The van der Waals surface area contributed by atoms with Crippen molar-refractivity contribution in [2.45, 2.75) is 32.6 Å². The van der Waals surface area contributed by atoms with E-state index in [2.05, 4.69) is 5.32 Å². The highest BCUT2D eigenvalue weighted by Gasteiger charge is 2.17. The molecule has 2 aromatic rings. The molecule has 0 aliphatic rings. The number of unbranched alkanes of at least 4 members (excludes halogenated alkanes) is 2. The first kappa shape index (κ1) is 16.4. The van der Waals surface area contributed by atoms with Gasteiger partial charge in [-0.1, -0.05) is 12.5 Å². The number of carboxylic acid groups (broad SMARTS) is 1. The molecule has 2 N–H and O–H groups in total. The lowest BCUT2D eigenvalue weighted by atomic mass is 10.1. The van der Waals surface area contributed by atoms with Crippen molar-refractivity contribution >= 4 is 33.3 Å². The third-order valence-electron chi connectivity index (χ3n) is 3.46. The monoisotopic (exact) mass is 323 g/mol. The molecule has 6 heteroatoms. The van der Waals surface area contributed by atoms with Crippen molar-refractivity contribution in [3.63, 3.8) is 0 Å². The molecule has 4 nitrogen and oxygen atoms in total. The second-order valence-corrected chi connectivity index (χ2v) is 6.18. The van der Waals surface area contributed by atoms with Crippen LogP contribution in [0.15, 0.2) is 18.2 Å². The van der Waals surface area contributed by atoms with Gasteiger partial charge in [-0.2, -0.15) is 0 Å². The fourth-order valence-corrected chi connectivity index (χ4v) is 3.47. The first-order valence-corrected chi connectivity index (χ1v) is 8.00. The van der Waals surface area contributed by atoms with Gasteiger partial charge in [-0.3, -0.25) is 9.59 Å². The van der Waals surface area contributed by atoms with Crippen molar-refractivity contribution < 1.29 is 19.1 Å². The van der Waals surface area contributed by atoms with Crippen LogP contribution in [-0.2, 0) is 4.79 Å². The smallest absolute Gasteiger partial charge is 0.303 e. The Bertz CT molecular complexity index is 696. The zero-order valence-electron chi connectivity index (χ0n) is 12.3. The van der Waals surface area contributed by atoms with Gasteiger partial charge in [0.2, 0.25) is 0 Å². The Kier molecular flexibility index (Phi) is 5.49. The molecule has 2 rings (SSSR count). The Morgan fingerprint density at radius 2 is 2.05 bits per heavy atom. The Morgan fingerprint density at radius 1 is 1.27 bits per heavy atom. The lowest BCUT2D eigenvalue weighted by Gasteiger charge is -2.04. The molecule has 0 fully saturated rings. The molecule has 0 radical (unpaired) electrons. The quantitative estimate of drug-likeness (QED) is 0.763. The molecule has 118 valence electrons. The second kappa shape index (κ2) is 7.35. The summed E-state index contributed by atoms with van der Waals surface area (Å²) in [5.74, 6) is -1.30. The zero-order valence-corrected chi connectivity index (χ0v) is 13.1. The van der Waals surface area contributed by atoms with E-state index in [1.807, 2.05) is 0 Å². The van der Waals surface area contributed by atoms with Crippen molar-refractivity contribution in [1.29, 1.82) is 0 Å². The Morgan fingerprint density at radius 3 is 2.73 bits per heavy atom. The van der Waals surface area contributed by atoms with Gasteiger partial charge >= 0.3 is 5.97 Å². The molecule has 0 atom stereocenters. The van der Waals surface area contributed by atoms with Crippen molar-refractivity contribution in [3.8, 4) is 0 Å². The van der Waals surface area contributed by atoms with Gasteiger partial charge in [0.1, 0.15) is 5.82 Å². The summed E-state index contributed by atoms with van der Waals surface area (Å²) in [5, 5.41) is 11.9. The van der Waals surface area contributed by atoms with Crippen LogP contribution < -0.4 is 5.32 Å². The van der Waals surface area contributed by atoms with Gasteiger partial charge < -0.3 is 10.4 Å². The summed E-state index contributed by atoms with van der Waals surface area (Å²) in [7, 11) is 0. The number of aryl methyl sites for hydroxylation is 1. The maximum Gasteiger partial charge on any atom is 0.303 e. The van der Waals surface area contributed by atoms with E-state index in [1.165, 1.54) is 17.4 Å². The topological polar surface area (TPSA) is 66.4 Å². The van der Waals surface area contributed by atoms with E-state index in [-0.39, 0.29) is 18.1 Å². The lowest BCUT2D eigenvalue weighted by Crippen LogP contribution is -2.24. The van der Waals surface area contributed by atoms with Gasteiger partial charge in [-0.25, -0.2) is 4.39 Å². The van der Waals surface area contributed by atoms with Crippen LogP contribution in [0.25, 0.3) is 10.1 Å². The lowest BCUT2D eigenvalue weighted by molar-refractivity contribution is -0.137. The van der Waals surface area contributed by atoms with Crippen LogP contribution in [0.1, 0.15) is 40.9 Å². The van der Waals surface area contributed by atoms with Crippen LogP contribution >= 0.6 is 11.3 Å². The molecule has 1 aromatic heterocycles. The maximum absolute atomic E-state index is 13.8. The van der Waals surface area contributed by atoms with Crippen LogP contribution in [0.2, 0.25) is 0 Å². The fourth-order valence-electron chi connectivity index (χ4n) is 2.33. The highest BCUT2D eigenvalue weighted by atomic mass is 32.1. The van der Waals surface area contributed by atoms with E-state index in [1.54, 1.807) is 19.1 Å². The van der Waals surface area contributed by atoms with Crippen LogP contribution in [0, 0.1) is 12.7 Å².